The molecule has 0 bridgehead atoms. The monoisotopic (exact) mass is 140 g/mol. The zero-order valence-corrected chi connectivity index (χ0v) is 5.41. The van der Waals surface area contributed by atoms with Crippen molar-refractivity contribution in [2.24, 2.45) is 0 Å². The molecule has 0 aliphatic heterocycles. The maximum atomic E-state index is 12.2. The van der Waals surface area contributed by atoms with Gasteiger partial charge in [0.15, 0.2) is 6.17 Å². The Labute approximate surface area is 53.1 Å². The molecule has 0 aliphatic rings. The lowest BCUT2D eigenvalue weighted by atomic mass is 10.1. The summed E-state index contributed by atoms with van der Waals surface area (Å²) >= 11 is 0. The Morgan fingerprint density at radius 2 is 1.78 bits per heavy atom. The Bertz CT molecular complexity index is 65.3. The molecular formula is C6H11F3. The second-order valence-corrected chi connectivity index (χ2v) is 1.97. The van der Waals surface area contributed by atoms with Crippen molar-refractivity contribution in [2.75, 3.05) is 6.67 Å². The molecule has 1 unspecified atom stereocenters. The zero-order valence-electron chi connectivity index (χ0n) is 5.41. The minimum atomic E-state index is -1.91. The van der Waals surface area contributed by atoms with Crippen molar-refractivity contribution in [3.63, 3.8) is 0 Å². The van der Waals surface area contributed by atoms with Crippen LogP contribution in [0.2, 0.25) is 0 Å². The van der Waals surface area contributed by atoms with Crippen molar-refractivity contribution in [1.82, 2.24) is 0 Å². The Kier molecular flexibility index (Phi) is 4.54. The number of halogens is 3. The Morgan fingerprint density at radius 3 is 2.11 bits per heavy atom. The molecule has 0 saturated carbocycles. The molecule has 0 saturated heterocycles. The highest BCUT2D eigenvalue weighted by molar-refractivity contribution is 4.65. The topological polar surface area (TPSA) is 0 Å². The molecule has 0 fully saturated rings. The minimum absolute atomic E-state index is 0.116. The van der Waals surface area contributed by atoms with E-state index in [4.69, 9.17) is 0 Å². The van der Waals surface area contributed by atoms with Crippen molar-refractivity contribution in [2.45, 2.75) is 32.1 Å². The van der Waals surface area contributed by atoms with Crippen LogP contribution < -0.4 is 0 Å². The average Bonchev–Trinajstić information content (AvgIpc) is 1.87. The third-order valence-corrected chi connectivity index (χ3v) is 1.10. The summed E-state index contributed by atoms with van der Waals surface area (Å²) in [6.07, 6.45) is -2.85. The molecule has 0 spiro atoms. The van der Waals surface area contributed by atoms with E-state index in [1.165, 1.54) is 0 Å². The Balaban J connectivity index is 3.32. The van der Waals surface area contributed by atoms with Gasteiger partial charge in [0, 0.05) is 0 Å². The second-order valence-electron chi connectivity index (χ2n) is 1.97. The van der Waals surface area contributed by atoms with Crippen molar-refractivity contribution in [3.05, 3.63) is 0 Å². The fraction of sp³-hybridized carbons (Fsp3) is 1.00. The van der Waals surface area contributed by atoms with Crippen LogP contribution in [0.25, 0.3) is 0 Å². The average molecular weight is 140 g/mol. The highest BCUT2D eigenvalue weighted by atomic mass is 19.2. The molecule has 0 rings (SSSR count). The number of hydrogen-bond acceptors (Lipinski definition) is 0. The van der Waals surface area contributed by atoms with Gasteiger partial charge in [-0.2, -0.15) is 0 Å². The maximum Gasteiger partial charge on any atom is 0.159 e. The fourth-order valence-electron chi connectivity index (χ4n) is 0.553. The first-order valence-electron chi connectivity index (χ1n) is 3.06. The normalized spacial score (nSPS) is 17.3. The molecule has 2 atom stereocenters. The highest BCUT2D eigenvalue weighted by Gasteiger charge is 2.18. The predicted molar refractivity (Wildman–Crippen MR) is 30.7 cm³/mol. The summed E-state index contributed by atoms with van der Waals surface area (Å²) < 4.78 is 35.5. The van der Waals surface area contributed by atoms with E-state index in [9.17, 15) is 13.2 Å². The second kappa shape index (κ2) is 4.65. The molecule has 56 valence electrons. The predicted octanol–water partition coefficient (Wildman–Crippen LogP) is 2.43. The van der Waals surface area contributed by atoms with Gasteiger partial charge in [0.25, 0.3) is 0 Å². The van der Waals surface area contributed by atoms with E-state index in [0.717, 1.165) is 0 Å². The quantitative estimate of drug-likeness (QED) is 0.562. The molecule has 0 aromatic carbocycles. The van der Waals surface area contributed by atoms with Crippen LogP contribution in [0.5, 0.6) is 0 Å². The van der Waals surface area contributed by atoms with Gasteiger partial charge in [-0.1, -0.05) is 13.3 Å². The number of rotatable bonds is 4. The first kappa shape index (κ1) is 8.79. The van der Waals surface area contributed by atoms with Crippen molar-refractivity contribution in [1.29, 1.82) is 0 Å². The third-order valence-electron chi connectivity index (χ3n) is 1.10. The van der Waals surface area contributed by atoms with Gasteiger partial charge in [0.1, 0.15) is 12.8 Å². The van der Waals surface area contributed by atoms with E-state index in [1.807, 2.05) is 0 Å². The van der Waals surface area contributed by atoms with E-state index in [0.29, 0.717) is 6.42 Å². The molecule has 0 aromatic heterocycles. The number of hydrogen-bond donors (Lipinski definition) is 0. The molecule has 0 aromatic rings. The van der Waals surface area contributed by atoms with Gasteiger partial charge in [-0.15, -0.1) is 0 Å². The molecule has 0 aliphatic carbocycles. The summed E-state index contributed by atoms with van der Waals surface area (Å²) in [4.78, 5) is 0. The molecule has 3 heteroatoms. The van der Waals surface area contributed by atoms with Gasteiger partial charge >= 0.3 is 0 Å². The minimum Gasteiger partial charge on any atom is -0.248 e. The van der Waals surface area contributed by atoms with Crippen LogP contribution in [0, 0.1) is 0 Å². The lowest BCUT2D eigenvalue weighted by Gasteiger charge is -2.07. The molecule has 0 amide bonds. The van der Waals surface area contributed by atoms with Gasteiger partial charge in [-0.25, -0.2) is 13.2 Å². The standard InChI is InChI=1S/C6H11F3/c1-2-3-5(8)6(9)4-7/h5-6H,2-4H2,1H3/t5?,6-/m0/s1. The number of alkyl halides is 3. The summed E-state index contributed by atoms with van der Waals surface area (Å²) in [6.45, 7) is 0.526. The third kappa shape index (κ3) is 3.38. The molecule has 0 heterocycles. The summed E-state index contributed by atoms with van der Waals surface area (Å²) in [5, 5.41) is 0. The van der Waals surface area contributed by atoms with Gasteiger partial charge in [-0.05, 0) is 6.42 Å². The van der Waals surface area contributed by atoms with Crippen molar-refractivity contribution < 1.29 is 13.2 Å². The van der Waals surface area contributed by atoms with Crippen LogP contribution in [0.1, 0.15) is 19.8 Å². The Hall–Kier alpha value is -0.210. The van der Waals surface area contributed by atoms with Crippen LogP contribution in [0.4, 0.5) is 13.2 Å². The summed E-state index contributed by atoms with van der Waals surface area (Å²) in [6, 6.07) is 0. The lowest BCUT2D eigenvalue weighted by Crippen LogP contribution is -2.18. The molecule has 0 radical (unpaired) electrons. The van der Waals surface area contributed by atoms with Crippen molar-refractivity contribution >= 4 is 0 Å². The maximum absolute atomic E-state index is 12.2. The van der Waals surface area contributed by atoms with E-state index in [-0.39, 0.29) is 6.42 Å². The van der Waals surface area contributed by atoms with Crippen LogP contribution in [0.3, 0.4) is 0 Å². The largest absolute Gasteiger partial charge is 0.248 e. The van der Waals surface area contributed by atoms with Gasteiger partial charge in [-0.3, -0.25) is 0 Å². The van der Waals surface area contributed by atoms with Crippen LogP contribution in [0.15, 0.2) is 0 Å². The van der Waals surface area contributed by atoms with Gasteiger partial charge < -0.3 is 0 Å². The molecule has 0 nitrogen and oxygen atoms in total. The van der Waals surface area contributed by atoms with Gasteiger partial charge in [0.05, 0.1) is 0 Å². The van der Waals surface area contributed by atoms with Gasteiger partial charge in [0.2, 0.25) is 0 Å². The summed E-state index contributed by atoms with van der Waals surface area (Å²) in [5.74, 6) is 0. The molecule has 9 heavy (non-hydrogen) atoms. The van der Waals surface area contributed by atoms with Crippen molar-refractivity contribution in [3.8, 4) is 0 Å². The molecular weight excluding hydrogens is 129 g/mol. The smallest absolute Gasteiger partial charge is 0.159 e. The highest BCUT2D eigenvalue weighted by Crippen LogP contribution is 2.10. The summed E-state index contributed by atoms with van der Waals surface area (Å²) in [7, 11) is 0. The van der Waals surface area contributed by atoms with Crippen LogP contribution >= 0.6 is 0 Å². The Morgan fingerprint density at radius 1 is 1.22 bits per heavy atom. The van der Waals surface area contributed by atoms with Crippen LogP contribution in [-0.4, -0.2) is 19.0 Å². The van der Waals surface area contributed by atoms with E-state index < -0.39 is 19.0 Å². The fourth-order valence-corrected chi connectivity index (χ4v) is 0.553. The SMILES string of the molecule is CCCC(F)[C@@H](F)CF. The van der Waals surface area contributed by atoms with Crippen LogP contribution in [-0.2, 0) is 0 Å². The van der Waals surface area contributed by atoms with E-state index >= 15 is 0 Å². The lowest BCUT2D eigenvalue weighted by molar-refractivity contribution is 0.129. The van der Waals surface area contributed by atoms with E-state index in [2.05, 4.69) is 0 Å². The first-order chi connectivity index (χ1) is 4.22. The van der Waals surface area contributed by atoms with E-state index in [1.54, 1.807) is 6.92 Å². The first-order valence-corrected chi connectivity index (χ1v) is 3.06. The molecule has 0 N–H and O–H groups in total. The summed E-state index contributed by atoms with van der Waals surface area (Å²) in [5.41, 5.74) is 0. The zero-order chi connectivity index (χ0) is 7.28.